The Morgan fingerprint density at radius 2 is 1.31 bits per heavy atom. The van der Waals surface area contributed by atoms with Crippen LogP contribution in [0.2, 0.25) is 0 Å². The highest BCUT2D eigenvalue weighted by molar-refractivity contribution is 5.65. The van der Waals surface area contributed by atoms with Crippen LogP contribution in [0.4, 0.5) is 8.78 Å². The van der Waals surface area contributed by atoms with Crippen LogP contribution in [0.3, 0.4) is 0 Å². The zero-order valence-corrected chi connectivity index (χ0v) is 16.1. The Hall–Kier alpha value is -1.94. The van der Waals surface area contributed by atoms with Crippen molar-refractivity contribution in [1.82, 2.24) is 0 Å². The van der Waals surface area contributed by atoms with Gasteiger partial charge in [0, 0.05) is 18.6 Å². The van der Waals surface area contributed by atoms with Crippen LogP contribution in [-0.2, 0) is 0 Å². The minimum atomic E-state index is -1.88. The Kier molecular flexibility index (Phi) is 7.81. The molecule has 160 valence electrons. The van der Waals surface area contributed by atoms with E-state index in [4.69, 9.17) is 5.11 Å². The summed E-state index contributed by atoms with van der Waals surface area (Å²) in [5.41, 5.74) is 1.49. The highest BCUT2D eigenvalue weighted by Gasteiger charge is 2.37. The number of hydrogen-bond acceptors (Lipinski definition) is 6. The van der Waals surface area contributed by atoms with Crippen LogP contribution in [0.5, 0.6) is 0 Å². The summed E-state index contributed by atoms with van der Waals surface area (Å²) < 4.78 is 26.9. The molecule has 0 saturated carbocycles. The van der Waals surface area contributed by atoms with E-state index >= 15 is 0 Å². The smallest absolute Gasteiger partial charge is 0.126 e. The molecule has 0 aliphatic heterocycles. The third-order valence-corrected chi connectivity index (χ3v) is 5.03. The van der Waals surface area contributed by atoms with Gasteiger partial charge in [0.05, 0.1) is 6.10 Å². The third-order valence-electron chi connectivity index (χ3n) is 5.03. The first-order valence-electron chi connectivity index (χ1n) is 9.15. The van der Waals surface area contributed by atoms with E-state index in [1.54, 1.807) is 13.0 Å². The van der Waals surface area contributed by atoms with Crippen molar-refractivity contribution in [2.75, 3.05) is 6.61 Å². The lowest BCUT2D eigenvalue weighted by atomic mass is 9.89. The van der Waals surface area contributed by atoms with Crippen LogP contribution in [0.25, 0.3) is 11.1 Å². The lowest BCUT2D eigenvalue weighted by Crippen LogP contribution is -2.49. The fourth-order valence-electron chi connectivity index (χ4n) is 3.13. The topological polar surface area (TPSA) is 121 Å². The van der Waals surface area contributed by atoms with Gasteiger partial charge in [-0.2, -0.15) is 0 Å². The van der Waals surface area contributed by atoms with E-state index in [1.807, 2.05) is 0 Å². The summed E-state index contributed by atoms with van der Waals surface area (Å²) in [6.07, 6.45) is -8.62. The minimum Gasteiger partial charge on any atom is -0.396 e. The van der Waals surface area contributed by atoms with Crippen molar-refractivity contribution in [2.24, 2.45) is 5.92 Å². The van der Waals surface area contributed by atoms with E-state index in [9.17, 15) is 34.3 Å². The summed E-state index contributed by atoms with van der Waals surface area (Å²) in [4.78, 5) is 0. The maximum Gasteiger partial charge on any atom is 0.126 e. The van der Waals surface area contributed by atoms with E-state index in [0.29, 0.717) is 16.7 Å². The van der Waals surface area contributed by atoms with Crippen LogP contribution in [0, 0.1) is 24.5 Å². The van der Waals surface area contributed by atoms with Crippen molar-refractivity contribution in [3.05, 3.63) is 59.2 Å². The first-order chi connectivity index (χ1) is 13.6. The second-order valence-electron chi connectivity index (χ2n) is 7.30. The van der Waals surface area contributed by atoms with E-state index in [1.165, 1.54) is 19.1 Å². The zero-order valence-electron chi connectivity index (χ0n) is 16.1. The number of aryl methyl sites for hydroxylation is 1. The molecule has 8 heteroatoms. The molecule has 5 unspecified atom stereocenters. The first kappa shape index (κ1) is 23.3. The van der Waals surface area contributed by atoms with Gasteiger partial charge in [0.2, 0.25) is 0 Å². The molecule has 2 rings (SSSR count). The van der Waals surface area contributed by atoms with Crippen molar-refractivity contribution in [2.45, 2.75) is 44.4 Å². The molecule has 6 nitrogen and oxygen atoms in total. The van der Waals surface area contributed by atoms with Crippen molar-refractivity contribution < 1.29 is 39.4 Å². The zero-order chi connectivity index (χ0) is 21.9. The molecular weight excluding hydrogens is 386 g/mol. The molecule has 0 spiro atoms. The number of aliphatic hydroxyl groups is 6. The van der Waals surface area contributed by atoms with Gasteiger partial charge in [-0.05, 0) is 41.3 Å². The van der Waals surface area contributed by atoms with Crippen LogP contribution in [0.1, 0.15) is 24.2 Å². The maximum atomic E-state index is 13.4. The molecule has 2 aromatic carbocycles. The highest BCUT2D eigenvalue weighted by atomic mass is 19.1. The Balaban J connectivity index is 2.23. The van der Waals surface area contributed by atoms with E-state index in [0.717, 1.165) is 18.2 Å². The summed E-state index contributed by atoms with van der Waals surface area (Å²) in [7, 11) is 0. The normalized spacial score (nSPS) is 18.0. The molecule has 0 aliphatic carbocycles. The molecule has 0 aliphatic rings. The molecule has 29 heavy (non-hydrogen) atoms. The average molecular weight is 412 g/mol. The number of rotatable bonds is 8. The van der Waals surface area contributed by atoms with Gasteiger partial charge >= 0.3 is 0 Å². The van der Waals surface area contributed by atoms with Crippen LogP contribution in [-0.4, -0.2) is 61.7 Å². The Morgan fingerprint density at radius 3 is 1.83 bits per heavy atom. The van der Waals surface area contributed by atoms with Gasteiger partial charge in [-0.1, -0.05) is 25.1 Å². The third kappa shape index (κ3) is 5.36. The quantitative estimate of drug-likeness (QED) is 0.385. The van der Waals surface area contributed by atoms with Crippen molar-refractivity contribution in [3.8, 4) is 11.1 Å². The molecule has 0 amide bonds. The molecule has 2 aromatic rings. The summed E-state index contributed by atoms with van der Waals surface area (Å²) in [6, 6.07) is 7.57. The monoisotopic (exact) mass is 412 g/mol. The SMILES string of the molecule is Cc1cc(-c2cc(F)cc(F)c2)ccc1[C@@H](O)C(O)C(O)C(O)C(O)C(C)CO. The summed E-state index contributed by atoms with van der Waals surface area (Å²) in [5.74, 6) is -2.22. The molecule has 6 atom stereocenters. The highest BCUT2D eigenvalue weighted by Crippen LogP contribution is 2.29. The fraction of sp³-hybridized carbons (Fsp3) is 0.429. The van der Waals surface area contributed by atoms with E-state index < -0.39 is 54.7 Å². The van der Waals surface area contributed by atoms with Crippen LogP contribution < -0.4 is 0 Å². The van der Waals surface area contributed by atoms with E-state index in [-0.39, 0.29) is 5.56 Å². The average Bonchev–Trinajstić information content (AvgIpc) is 2.69. The molecule has 0 heterocycles. The Morgan fingerprint density at radius 1 is 0.759 bits per heavy atom. The van der Waals surface area contributed by atoms with Gasteiger partial charge in [0.15, 0.2) is 0 Å². The van der Waals surface area contributed by atoms with Gasteiger partial charge in [-0.15, -0.1) is 0 Å². The number of aliphatic hydroxyl groups excluding tert-OH is 6. The lowest BCUT2D eigenvalue weighted by molar-refractivity contribution is -0.145. The van der Waals surface area contributed by atoms with Gasteiger partial charge in [-0.3, -0.25) is 0 Å². The number of hydrogen-bond donors (Lipinski definition) is 6. The van der Waals surface area contributed by atoms with Crippen LogP contribution >= 0.6 is 0 Å². The molecule has 0 saturated heterocycles. The standard InChI is InChI=1S/C21H26F2O6/c1-10-5-12(13-6-14(22)8-15(23)7-13)3-4-16(10)18(26)20(28)21(29)19(27)17(25)11(2)9-24/h3-8,11,17-21,24-29H,9H2,1-2H3/t11?,17?,18-,19?,20?,21?/m1/s1. The first-order valence-corrected chi connectivity index (χ1v) is 9.15. The summed E-state index contributed by atoms with van der Waals surface area (Å²) >= 11 is 0. The van der Waals surface area contributed by atoms with Gasteiger partial charge in [-0.25, -0.2) is 8.78 Å². The molecule has 6 N–H and O–H groups in total. The Labute approximate surface area is 167 Å². The molecule has 0 aromatic heterocycles. The second kappa shape index (κ2) is 9.71. The van der Waals surface area contributed by atoms with Crippen molar-refractivity contribution >= 4 is 0 Å². The summed E-state index contributed by atoms with van der Waals surface area (Å²) in [5, 5.41) is 59.8. The molecular formula is C21H26F2O6. The predicted molar refractivity (Wildman–Crippen MR) is 102 cm³/mol. The fourth-order valence-corrected chi connectivity index (χ4v) is 3.13. The van der Waals surface area contributed by atoms with Crippen molar-refractivity contribution in [3.63, 3.8) is 0 Å². The maximum absolute atomic E-state index is 13.4. The largest absolute Gasteiger partial charge is 0.396 e. The lowest BCUT2D eigenvalue weighted by Gasteiger charge is -2.31. The summed E-state index contributed by atoms with van der Waals surface area (Å²) in [6.45, 7) is 2.61. The van der Waals surface area contributed by atoms with Gasteiger partial charge in [0.25, 0.3) is 0 Å². The second-order valence-corrected chi connectivity index (χ2v) is 7.30. The number of benzene rings is 2. The molecule has 0 fully saturated rings. The van der Waals surface area contributed by atoms with Crippen molar-refractivity contribution in [1.29, 1.82) is 0 Å². The van der Waals surface area contributed by atoms with Gasteiger partial charge in [0.1, 0.15) is 36.1 Å². The molecule has 0 bridgehead atoms. The van der Waals surface area contributed by atoms with Crippen LogP contribution in [0.15, 0.2) is 36.4 Å². The van der Waals surface area contributed by atoms with Gasteiger partial charge < -0.3 is 30.6 Å². The predicted octanol–water partition coefficient (Wildman–Crippen LogP) is 1.05. The van der Waals surface area contributed by atoms with E-state index in [2.05, 4.69) is 0 Å². The molecule has 0 radical (unpaired) electrons. The Bertz CT molecular complexity index is 811. The minimum absolute atomic E-state index is 0.231. The number of halogens is 2.